The molecule has 0 spiro atoms. The van der Waals surface area contributed by atoms with E-state index in [1.807, 2.05) is 0 Å². The van der Waals surface area contributed by atoms with Crippen LogP contribution < -0.4 is 14.8 Å². The van der Waals surface area contributed by atoms with Crippen molar-refractivity contribution in [1.82, 2.24) is 4.31 Å². The standard InChI is InChI=1S/C20H21F3N2O6S/c1-29-15-6-8-18(9-7-15)32(27,28)25-12-10-16(11-13-25)30-19(26)24-14-2-4-17(5-3-14)31-20(21,22)23/h2-9,16H,10-13H2,1H3,(H,24,26). The molecule has 32 heavy (non-hydrogen) atoms. The number of nitrogens with one attached hydrogen (secondary N) is 1. The number of carbonyl (C=O) groups excluding carboxylic acids is 1. The lowest BCUT2D eigenvalue weighted by molar-refractivity contribution is -0.274. The molecule has 0 unspecified atom stereocenters. The molecule has 1 saturated heterocycles. The summed E-state index contributed by atoms with van der Waals surface area (Å²) in [4.78, 5) is 12.2. The van der Waals surface area contributed by atoms with Gasteiger partial charge in [-0.2, -0.15) is 4.31 Å². The molecule has 1 amide bonds. The van der Waals surface area contributed by atoms with Crippen LogP contribution in [0.3, 0.4) is 0 Å². The van der Waals surface area contributed by atoms with Crippen LogP contribution in [0.1, 0.15) is 12.8 Å². The van der Waals surface area contributed by atoms with Crippen molar-refractivity contribution >= 4 is 21.8 Å². The highest BCUT2D eigenvalue weighted by molar-refractivity contribution is 7.89. The minimum Gasteiger partial charge on any atom is -0.497 e. The van der Waals surface area contributed by atoms with Crippen molar-refractivity contribution in [1.29, 1.82) is 0 Å². The summed E-state index contributed by atoms with van der Waals surface area (Å²) in [6, 6.07) is 10.7. The molecule has 3 rings (SSSR count). The number of rotatable bonds is 6. The van der Waals surface area contributed by atoms with E-state index in [9.17, 15) is 26.4 Å². The molecule has 0 atom stereocenters. The fourth-order valence-electron chi connectivity index (χ4n) is 3.13. The summed E-state index contributed by atoms with van der Waals surface area (Å²) >= 11 is 0. The van der Waals surface area contributed by atoms with Gasteiger partial charge in [-0.05, 0) is 61.4 Å². The first kappa shape index (κ1) is 23.7. The van der Waals surface area contributed by atoms with Gasteiger partial charge in [-0.25, -0.2) is 13.2 Å². The Morgan fingerprint density at radius 2 is 1.56 bits per heavy atom. The van der Waals surface area contributed by atoms with Gasteiger partial charge in [0.2, 0.25) is 10.0 Å². The molecule has 0 radical (unpaired) electrons. The lowest BCUT2D eigenvalue weighted by Crippen LogP contribution is -2.41. The topological polar surface area (TPSA) is 94.2 Å². The highest BCUT2D eigenvalue weighted by Crippen LogP contribution is 2.25. The molecule has 1 heterocycles. The second-order valence-corrected chi connectivity index (χ2v) is 8.82. The molecule has 2 aromatic carbocycles. The molecule has 1 aliphatic heterocycles. The Morgan fingerprint density at radius 1 is 1.00 bits per heavy atom. The molecule has 2 aromatic rings. The van der Waals surface area contributed by atoms with Crippen molar-refractivity contribution in [3.8, 4) is 11.5 Å². The van der Waals surface area contributed by atoms with E-state index in [-0.39, 0.29) is 23.7 Å². The number of hydrogen-bond acceptors (Lipinski definition) is 6. The van der Waals surface area contributed by atoms with Crippen LogP contribution in [0.5, 0.6) is 11.5 Å². The fraction of sp³-hybridized carbons (Fsp3) is 0.350. The number of hydrogen-bond donors (Lipinski definition) is 1. The van der Waals surface area contributed by atoms with E-state index in [0.717, 1.165) is 12.1 Å². The summed E-state index contributed by atoms with van der Waals surface area (Å²) in [5, 5.41) is 2.42. The monoisotopic (exact) mass is 474 g/mol. The number of nitrogens with zero attached hydrogens (tertiary/aromatic N) is 1. The third kappa shape index (κ3) is 6.26. The maximum atomic E-state index is 12.8. The van der Waals surface area contributed by atoms with E-state index in [0.29, 0.717) is 18.6 Å². The Balaban J connectivity index is 1.49. The molecule has 1 N–H and O–H groups in total. The summed E-state index contributed by atoms with van der Waals surface area (Å²) < 4.78 is 77.5. The maximum Gasteiger partial charge on any atom is 0.573 e. The normalized spacial score (nSPS) is 15.8. The highest BCUT2D eigenvalue weighted by atomic mass is 32.2. The van der Waals surface area contributed by atoms with Crippen LogP contribution in [0.15, 0.2) is 53.4 Å². The first-order valence-electron chi connectivity index (χ1n) is 9.54. The zero-order valence-corrected chi connectivity index (χ0v) is 17.8. The van der Waals surface area contributed by atoms with E-state index in [4.69, 9.17) is 9.47 Å². The smallest absolute Gasteiger partial charge is 0.497 e. The number of anilines is 1. The van der Waals surface area contributed by atoms with Gasteiger partial charge in [0, 0.05) is 18.8 Å². The van der Waals surface area contributed by atoms with E-state index in [2.05, 4.69) is 10.1 Å². The van der Waals surface area contributed by atoms with Gasteiger partial charge < -0.3 is 14.2 Å². The maximum absolute atomic E-state index is 12.8. The van der Waals surface area contributed by atoms with Crippen molar-refractivity contribution in [2.45, 2.75) is 30.2 Å². The number of methoxy groups -OCH3 is 1. The van der Waals surface area contributed by atoms with Crippen LogP contribution in [-0.2, 0) is 14.8 Å². The third-order valence-electron chi connectivity index (χ3n) is 4.71. The minimum atomic E-state index is -4.80. The number of sulfonamides is 1. The second kappa shape index (κ2) is 9.65. The summed E-state index contributed by atoms with van der Waals surface area (Å²) in [6.45, 7) is 0.353. The summed E-state index contributed by atoms with van der Waals surface area (Å²) in [5.74, 6) is 0.131. The van der Waals surface area contributed by atoms with Crippen molar-refractivity contribution in [3.63, 3.8) is 0 Å². The largest absolute Gasteiger partial charge is 0.573 e. The number of halogens is 3. The first-order chi connectivity index (χ1) is 15.1. The Labute approximate surface area is 182 Å². The van der Waals surface area contributed by atoms with Crippen molar-refractivity contribution in [2.75, 3.05) is 25.5 Å². The van der Waals surface area contributed by atoms with E-state index in [1.165, 1.54) is 35.7 Å². The SMILES string of the molecule is COc1ccc(S(=O)(=O)N2CCC(OC(=O)Nc3ccc(OC(F)(F)F)cc3)CC2)cc1. The average molecular weight is 474 g/mol. The fourth-order valence-corrected chi connectivity index (χ4v) is 4.60. The summed E-state index contributed by atoms with van der Waals surface area (Å²) in [5.41, 5.74) is 0.226. The molecule has 0 aliphatic carbocycles. The number of benzene rings is 2. The zero-order valence-electron chi connectivity index (χ0n) is 17.0. The van der Waals surface area contributed by atoms with Crippen LogP contribution in [-0.4, -0.2) is 51.5 Å². The van der Waals surface area contributed by atoms with Crippen LogP contribution in [0.2, 0.25) is 0 Å². The Morgan fingerprint density at radius 3 is 2.09 bits per heavy atom. The molecule has 0 bridgehead atoms. The van der Waals surface area contributed by atoms with Crippen molar-refractivity contribution in [3.05, 3.63) is 48.5 Å². The third-order valence-corrected chi connectivity index (χ3v) is 6.62. The number of carbonyl (C=O) groups is 1. The van der Waals surface area contributed by atoms with Crippen LogP contribution in [0.25, 0.3) is 0 Å². The molecule has 0 saturated carbocycles. The Kier molecular flexibility index (Phi) is 7.14. The number of alkyl halides is 3. The lowest BCUT2D eigenvalue weighted by atomic mass is 10.1. The van der Waals surface area contributed by atoms with Gasteiger partial charge >= 0.3 is 12.5 Å². The van der Waals surface area contributed by atoms with Gasteiger partial charge in [-0.3, -0.25) is 5.32 Å². The second-order valence-electron chi connectivity index (χ2n) is 6.88. The van der Waals surface area contributed by atoms with Crippen LogP contribution in [0, 0.1) is 0 Å². The number of piperidine rings is 1. The van der Waals surface area contributed by atoms with Gasteiger partial charge in [-0.15, -0.1) is 13.2 Å². The first-order valence-corrected chi connectivity index (χ1v) is 11.0. The van der Waals surface area contributed by atoms with E-state index >= 15 is 0 Å². The van der Waals surface area contributed by atoms with E-state index < -0.39 is 34.3 Å². The van der Waals surface area contributed by atoms with Gasteiger partial charge in [0.15, 0.2) is 0 Å². The number of amides is 1. The van der Waals surface area contributed by atoms with Crippen LogP contribution in [0.4, 0.5) is 23.7 Å². The Hall–Kier alpha value is -2.99. The predicted molar refractivity (Wildman–Crippen MR) is 108 cm³/mol. The summed E-state index contributed by atoms with van der Waals surface area (Å²) in [6.07, 6.45) is -5.47. The molecule has 1 fully saturated rings. The molecule has 0 aromatic heterocycles. The lowest BCUT2D eigenvalue weighted by Gasteiger charge is -2.30. The minimum absolute atomic E-state index is 0.147. The summed E-state index contributed by atoms with van der Waals surface area (Å²) in [7, 11) is -2.19. The molecular formula is C20H21F3N2O6S. The van der Waals surface area contributed by atoms with Gasteiger partial charge in [0.25, 0.3) is 0 Å². The molecule has 8 nitrogen and oxygen atoms in total. The van der Waals surface area contributed by atoms with Gasteiger partial charge in [0.1, 0.15) is 17.6 Å². The quantitative estimate of drug-likeness (QED) is 0.680. The molecular weight excluding hydrogens is 453 g/mol. The zero-order chi connectivity index (χ0) is 23.4. The average Bonchev–Trinajstić information content (AvgIpc) is 2.74. The van der Waals surface area contributed by atoms with Gasteiger partial charge in [-0.1, -0.05) is 0 Å². The molecule has 1 aliphatic rings. The molecule has 174 valence electrons. The predicted octanol–water partition coefficient (Wildman–Crippen LogP) is 4.00. The van der Waals surface area contributed by atoms with E-state index in [1.54, 1.807) is 12.1 Å². The molecule has 12 heteroatoms. The van der Waals surface area contributed by atoms with Crippen LogP contribution >= 0.6 is 0 Å². The number of ether oxygens (including phenoxy) is 3. The highest BCUT2D eigenvalue weighted by Gasteiger charge is 2.32. The van der Waals surface area contributed by atoms with Crippen molar-refractivity contribution < 1.29 is 40.6 Å². The Bertz CT molecular complexity index is 1020. The van der Waals surface area contributed by atoms with Crippen molar-refractivity contribution in [2.24, 2.45) is 0 Å². The van der Waals surface area contributed by atoms with Gasteiger partial charge in [0.05, 0.1) is 12.0 Å².